The van der Waals surface area contributed by atoms with Crippen LogP contribution < -0.4 is 5.73 Å². The van der Waals surface area contributed by atoms with E-state index in [4.69, 9.17) is 5.73 Å². The minimum absolute atomic E-state index is 0.328. The molecule has 0 saturated heterocycles. The van der Waals surface area contributed by atoms with Crippen LogP contribution in [0, 0.1) is 6.92 Å². The van der Waals surface area contributed by atoms with Crippen LogP contribution in [0.15, 0.2) is 18.2 Å². The zero-order valence-corrected chi connectivity index (χ0v) is 10.9. The van der Waals surface area contributed by atoms with Crippen LogP contribution in [-0.4, -0.2) is 36.0 Å². The van der Waals surface area contributed by atoms with Crippen molar-refractivity contribution in [2.75, 3.05) is 20.6 Å². The topological polar surface area (TPSA) is 49.5 Å². The monoisotopic (exact) mass is 240 g/mol. The predicted molar refractivity (Wildman–Crippen MR) is 70.7 cm³/mol. The third kappa shape index (κ3) is 3.70. The highest BCUT2D eigenvalue weighted by atomic mass is 32.2. The normalized spacial score (nSPS) is 13.1. The van der Waals surface area contributed by atoms with Gasteiger partial charge in [-0.3, -0.25) is 4.90 Å². The molecule has 16 heavy (non-hydrogen) atoms. The predicted octanol–water partition coefficient (Wildman–Crippen LogP) is 1.78. The van der Waals surface area contributed by atoms with E-state index in [0.717, 1.165) is 11.3 Å². The molecule has 0 bridgehead atoms. The van der Waals surface area contributed by atoms with Crippen LogP contribution >= 0.6 is 11.8 Å². The van der Waals surface area contributed by atoms with Crippen molar-refractivity contribution in [3.8, 4) is 5.75 Å². The Labute approximate surface area is 102 Å². The summed E-state index contributed by atoms with van der Waals surface area (Å²) in [6.45, 7) is 2.66. The lowest BCUT2D eigenvalue weighted by Gasteiger charge is -2.22. The van der Waals surface area contributed by atoms with Crippen molar-refractivity contribution in [3.63, 3.8) is 0 Å². The van der Waals surface area contributed by atoms with Crippen molar-refractivity contribution < 1.29 is 5.11 Å². The van der Waals surface area contributed by atoms with Crippen LogP contribution in [-0.2, 0) is 5.75 Å². The molecule has 0 spiro atoms. The lowest BCUT2D eigenvalue weighted by Crippen LogP contribution is -2.32. The maximum absolute atomic E-state index is 9.31. The summed E-state index contributed by atoms with van der Waals surface area (Å²) >= 11 is 1.82. The molecule has 1 atom stereocenters. The number of hydrogen-bond acceptors (Lipinski definition) is 4. The van der Waals surface area contributed by atoms with Crippen molar-refractivity contribution in [2.45, 2.75) is 18.1 Å². The van der Waals surface area contributed by atoms with Gasteiger partial charge in [-0.15, -0.1) is 11.8 Å². The lowest BCUT2D eigenvalue weighted by molar-refractivity contribution is 0.388. The zero-order valence-electron chi connectivity index (χ0n) is 10.1. The maximum Gasteiger partial charge on any atom is 0.115 e. The first-order valence-corrected chi connectivity index (χ1v) is 6.36. The summed E-state index contributed by atoms with van der Waals surface area (Å²) in [5.74, 6) is 1.25. The molecule has 0 amide bonds. The summed E-state index contributed by atoms with van der Waals surface area (Å²) < 4.78 is 0. The number of likely N-dealkylation sites (N-methyl/N-ethyl adjacent to an activating group) is 1. The molecule has 0 aliphatic carbocycles. The first-order chi connectivity index (χ1) is 7.54. The van der Waals surface area contributed by atoms with Gasteiger partial charge in [0, 0.05) is 12.3 Å². The van der Waals surface area contributed by atoms with Crippen LogP contribution in [0.2, 0.25) is 0 Å². The summed E-state index contributed by atoms with van der Waals surface area (Å²) in [5, 5.41) is 9.66. The SMILES string of the molecule is Cc1cc(O)ccc1CS[C@@H](CN)N(C)C. The number of thioether (sulfide) groups is 1. The van der Waals surface area contributed by atoms with E-state index in [0.29, 0.717) is 17.7 Å². The number of nitrogens with zero attached hydrogens (tertiary/aromatic N) is 1. The molecule has 0 fully saturated rings. The Balaban J connectivity index is 2.60. The first kappa shape index (κ1) is 13.4. The number of phenols is 1. The third-order valence-corrected chi connectivity index (χ3v) is 4.01. The summed E-state index contributed by atoms with van der Waals surface area (Å²) in [6.07, 6.45) is 0. The average Bonchev–Trinajstić information content (AvgIpc) is 2.21. The van der Waals surface area contributed by atoms with Gasteiger partial charge in [0.15, 0.2) is 0 Å². The molecule has 0 radical (unpaired) electrons. The molecule has 3 N–H and O–H groups in total. The molecule has 1 rings (SSSR count). The summed E-state index contributed by atoms with van der Waals surface area (Å²) in [4.78, 5) is 2.13. The van der Waals surface area contributed by atoms with Gasteiger partial charge in [-0.1, -0.05) is 6.07 Å². The molecule has 3 nitrogen and oxygen atoms in total. The highest BCUT2D eigenvalue weighted by molar-refractivity contribution is 7.99. The van der Waals surface area contributed by atoms with Crippen molar-refractivity contribution in [3.05, 3.63) is 29.3 Å². The molecule has 90 valence electrons. The molecule has 4 heteroatoms. The van der Waals surface area contributed by atoms with Gasteiger partial charge in [0.05, 0.1) is 5.37 Å². The lowest BCUT2D eigenvalue weighted by atomic mass is 10.1. The van der Waals surface area contributed by atoms with E-state index < -0.39 is 0 Å². The maximum atomic E-state index is 9.31. The number of phenolic OH excluding ortho intramolecular Hbond substituents is 1. The van der Waals surface area contributed by atoms with Crippen LogP contribution in [0.3, 0.4) is 0 Å². The molecule has 0 aliphatic heterocycles. The summed E-state index contributed by atoms with van der Waals surface area (Å²) in [7, 11) is 4.07. The summed E-state index contributed by atoms with van der Waals surface area (Å²) in [6, 6.07) is 5.50. The minimum Gasteiger partial charge on any atom is -0.508 e. The van der Waals surface area contributed by atoms with Gasteiger partial charge in [-0.25, -0.2) is 0 Å². The highest BCUT2D eigenvalue weighted by Crippen LogP contribution is 2.23. The molecule has 0 aromatic heterocycles. The van der Waals surface area contributed by atoms with E-state index in [2.05, 4.69) is 4.90 Å². The van der Waals surface area contributed by atoms with E-state index >= 15 is 0 Å². The van der Waals surface area contributed by atoms with Crippen LogP contribution in [0.1, 0.15) is 11.1 Å². The Morgan fingerprint density at radius 2 is 2.12 bits per heavy atom. The average molecular weight is 240 g/mol. The Kier molecular flexibility index (Phi) is 5.12. The van der Waals surface area contributed by atoms with Crippen molar-refractivity contribution >= 4 is 11.8 Å². The number of aromatic hydroxyl groups is 1. The van der Waals surface area contributed by atoms with Crippen LogP contribution in [0.25, 0.3) is 0 Å². The number of benzene rings is 1. The second-order valence-electron chi connectivity index (χ2n) is 4.08. The molecule has 0 saturated carbocycles. The molecule has 1 aromatic rings. The third-order valence-electron chi connectivity index (χ3n) is 2.54. The number of aryl methyl sites for hydroxylation is 1. The van der Waals surface area contributed by atoms with Crippen LogP contribution in [0.4, 0.5) is 0 Å². The van der Waals surface area contributed by atoms with E-state index in [-0.39, 0.29) is 0 Å². The Morgan fingerprint density at radius 1 is 1.44 bits per heavy atom. The van der Waals surface area contributed by atoms with Gasteiger partial charge in [-0.05, 0) is 44.3 Å². The second-order valence-corrected chi connectivity index (χ2v) is 5.24. The second kappa shape index (κ2) is 6.13. The van der Waals surface area contributed by atoms with Crippen LogP contribution in [0.5, 0.6) is 5.75 Å². The fourth-order valence-corrected chi connectivity index (χ4v) is 2.59. The van der Waals surface area contributed by atoms with Gasteiger partial charge in [-0.2, -0.15) is 0 Å². The largest absolute Gasteiger partial charge is 0.508 e. The molecular formula is C12H20N2OS. The van der Waals surface area contributed by atoms with E-state index in [1.165, 1.54) is 5.56 Å². The fraction of sp³-hybridized carbons (Fsp3) is 0.500. The molecule has 0 heterocycles. The summed E-state index contributed by atoms with van der Waals surface area (Å²) in [5.41, 5.74) is 8.08. The molecule has 0 unspecified atom stereocenters. The minimum atomic E-state index is 0.328. The highest BCUT2D eigenvalue weighted by Gasteiger charge is 2.10. The fourth-order valence-electron chi connectivity index (χ4n) is 1.46. The van der Waals surface area contributed by atoms with Crippen molar-refractivity contribution in [1.29, 1.82) is 0 Å². The van der Waals surface area contributed by atoms with Gasteiger partial charge >= 0.3 is 0 Å². The standard InChI is InChI=1S/C12H20N2OS/c1-9-6-11(15)5-4-10(9)8-16-12(7-13)14(2)3/h4-6,12,15H,7-8,13H2,1-3H3/t12-/m0/s1. The van der Waals surface area contributed by atoms with E-state index in [1.807, 2.05) is 38.8 Å². The Hall–Kier alpha value is -0.710. The molecule has 1 aromatic carbocycles. The molecule has 0 aliphatic rings. The smallest absolute Gasteiger partial charge is 0.115 e. The Morgan fingerprint density at radius 3 is 2.62 bits per heavy atom. The van der Waals surface area contributed by atoms with E-state index in [9.17, 15) is 5.11 Å². The van der Waals surface area contributed by atoms with Gasteiger partial charge in [0.25, 0.3) is 0 Å². The zero-order chi connectivity index (χ0) is 12.1. The van der Waals surface area contributed by atoms with Gasteiger partial charge in [0.1, 0.15) is 5.75 Å². The van der Waals surface area contributed by atoms with Gasteiger partial charge in [0.2, 0.25) is 0 Å². The van der Waals surface area contributed by atoms with Crippen molar-refractivity contribution in [1.82, 2.24) is 4.90 Å². The number of rotatable bonds is 5. The van der Waals surface area contributed by atoms with Gasteiger partial charge < -0.3 is 10.8 Å². The molecular weight excluding hydrogens is 220 g/mol. The quantitative estimate of drug-likeness (QED) is 0.770. The first-order valence-electron chi connectivity index (χ1n) is 5.31. The van der Waals surface area contributed by atoms with Crippen molar-refractivity contribution in [2.24, 2.45) is 5.73 Å². The number of nitrogens with two attached hydrogens (primary N) is 1. The number of hydrogen-bond donors (Lipinski definition) is 2. The Bertz CT molecular complexity index is 342. The van der Waals surface area contributed by atoms with E-state index in [1.54, 1.807) is 12.1 Å².